The van der Waals surface area contributed by atoms with Gasteiger partial charge in [0.1, 0.15) is 0 Å². The van der Waals surface area contributed by atoms with Crippen molar-refractivity contribution in [3.05, 3.63) is 65.9 Å². The SMILES string of the molecule is O=C(NCCO)c1ccc(Nc2ccnc3cc(C(F)(F)F)ccc23)cc1. The van der Waals surface area contributed by atoms with Gasteiger partial charge in [0.15, 0.2) is 0 Å². The quantitative estimate of drug-likeness (QED) is 0.635. The Balaban J connectivity index is 1.83. The van der Waals surface area contributed by atoms with E-state index in [0.29, 0.717) is 22.3 Å². The largest absolute Gasteiger partial charge is 0.416 e. The maximum Gasteiger partial charge on any atom is 0.416 e. The summed E-state index contributed by atoms with van der Waals surface area (Å²) in [6.07, 6.45) is -2.99. The molecule has 8 heteroatoms. The van der Waals surface area contributed by atoms with Gasteiger partial charge in [-0.25, -0.2) is 0 Å². The second-order valence-electron chi connectivity index (χ2n) is 5.77. The van der Waals surface area contributed by atoms with Crippen molar-refractivity contribution < 1.29 is 23.1 Å². The minimum Gasteiger partial charge on any atom is -0.395 e. The minimum atomic E-state index is -4.42. The number of amides is 1. The van der Waals surface area contributed by atoms with Gasteiger partial charge in [-0.1, -0.05) is 6.07 Å². The topological polar surface area (TPSA) is 74.2 Å². The Morgan fingerprint density at radius 1 is 1.07 bits per heavy atom. The molecule has 0 unspecified atom stereocenters. The van der Waals surface area contributed by atoms with Crippen molar-refractivity contribution in [2.45, 2.75) is 6.18 Å². The highest BCUT2D eigenvalue weighted by molar-refractivity contribution is 5.95. The number of alkyl halides is 3. The van der Waals surface area contributed by atoms with Crippen LogP contribution in [0.4, 0.5) is 24.5 Å². The fourth-order valence-corrected chi connectivity index (χ4v) is 2.57. The molecular weight excluding hydrogens is 359 g/mol. The van der Waals surface area contributed by atoms with E-state index in [0.717, 1.165) is 12.1 Å². The van der Waals surface area contributed by atoms with E-state index >= 15 is 0 Å². The molecule has 0 spiro atoms. The molecular formula is C19H16F3N3O2. The Hall–Kier alpha value is -3.13. The van der Waals surface area contributed by atoms with Crippen molar-refractivity contribution in [1.82, 2.24) is 10.3 Å². The lowest BCUT2D eigenvalue weighted by Crippen LogP contribution is -2.26. The highest BCUT2D eigenvalue weighted by atomic mass is 19.4. The predicted molar refractivity (Wildman–Crippen MR) is 95.9 cm³/mol. The van der Waals surface area contributed by atoms with Gasteiger partial charge in [0.2, 0.25) is 0 Å². The van der Waals surface area contributed by atoms with Crippen molar-refractivity contribution in [2.75, 3.05) is 18.5 Å². The lowest BCUT2D eigenvalue weighted by Gasteiger charge is -2.12. The molecule has 0 radical (unpaired) electrons. The first-order chi connectivity index (χ1) is 12.9. The van der Waals surface area contributed by atoms with Gasteiger partial charge in [0, 0.05) is 35.1 Å². The van der Waals surface area contributed by atoms with Crippen LogP contribution in [-0.4, -0.2) is 29.1 Å². The fourth-order valence-electron chi connectivity index (χ4n) is 2.57. The molecule has 0 aliphatic carbocycles. The number of rotatable bonds is 5. The van der Waals surface area contributed by atoms with Crippen LogP contribution in [-0.2, 0) is 6.18 Å². The summed E-state index contributed by atoms with van der Waals surface area (Å²) in [5.41, 5.74) is 1.18. The lowest BCUT2D eigenvalue weighted by atomic mass is 10.1. The molecule has 0 fully saturated rings. The molecule has 27 heavy (non-hydrogen) atoms. The Kier molecular flexibility index (Phi) is 5.27. The summed E-state index contributed by atoms with van der Waals surface area (Å²) in [6, 6.07) is 11.7. The third-order valence-electron chi connectivity index (χ3n) is 3.89. The molecule has 1 aromatic heterocycles. The number of carbonyl (C=O) groups excluding carboxylic acids is 1. The molecule has 0 saturated heterocycles. The molecule has 3 aromatic rings. The van der Waals surface area contributed by atoms with Gasteiger partial charge in [-0.3, -0.25) is 9.78 Å². The van der Waals surface area contributed by atoms with Crippen LogP contribution in [0, 0.1) is 0 Å². The molecule has 0 aliphatic rings. The average molecular weight is 375 g/mol. The van der Waals surface area contributed by atoms with Crippen LogP contribution in [0.15, 0.2) is 54.7 Å². The zero-order valence-corrected chi connectivity index (χ0v) is 14.0. The summed E-state index contributed by atoms with van der Waals surface area (Å²) in [5, 5.41) is 14.9. The van der Waals surface area contributed by atoms with Gasteiger partial charge in [0.05, 0.1) is 17.7 Å². The molecule has 0 bridgehead atoms. The number of fused-ring (bicyclic) bond motifs is 1. The van der Waals surface area contributed by atoms with Gasteiger partial charge in [-0.15, -0.1) is 0 Å². The van der Waals surface area contributed by atoms with E-state index in [9.17, 15) is 18.0 Å². The number of hydrogen-bond acceptors (Lipinski definition) is 4. The first-order valence-electron chi connectivity index (χ1n) is 8.10. The number of pyridine rings is 1. The van der Waals surface area contributed by atoms with Gasteiger partial charge in [-0.05, 0) is 42.5 Å². The first-order valence-corrected chi connectivity index (χ1v) is 8.10. The number of aliphatic hydroxyl groups is 1. The molecule has 5 nitrogen and oxygen atoms in total. The van der Waals surface area contributed by atoms with Crippen molar-refractivity contribution in [3.63, 3.8) is 0 Å². The van der Waals surface area contributed by atoms with Crippen molar-refractivity contribution in [2.24, 2.45) is 0 Å². The molecule has 0 atom stereocenters. The number of anilines is 2. The number of benzene rings is 2. The Morgan fingerprint density at radius 3 is 2.48 bits per heavy atom. The molecule has 1 heterocycles. The van der Waals surface area contributed by atoms with E-state index < -0.39 is 11.7 Å². The molecule has 3 rings (SSSR count). The Labute approximate surface area is 152 Å². The summed E-state index contributed by atoms with van der Waals surface area (Å²) >= 11 is 0. The van der Waals surface area contributed by atoms with Gasteiger partial charge in [0.25, 0.3) is 5.91 Å². The van der Waals surface area contributed by atoms with Crippen LogP contribution in [0.25, 0.3) is 10.9 Å². The maximum absolute atomic E-state index is 12.9. The second-order valence-corrected chi connectivity index (χ2v) is 5.77. The predicted octanol–water partition coefficient (Wildman–Crippen LogP) is 3.72. The van der Waals surface area contributed by atoms with E-state index in [1.807, 2.05) is 0 Å². The zero-order chi connectivity index (χ0) is 19.4. The van der Waals surface area contributed by atoms with E-state index in [1.54, 1.807) is 30.3 Å². The standard InChI is InChI=1S/C19H16F3N3O2/c20-19(21,22)13-3-6-15-16(7-8-23-17(15)11-13)25-14-4-1-12(2-5-14)18(27)24-9-10-26/h1-8,11,26H,9-10H2,(H,23,25)(H,24,27). The monoisotopic (exact) mass is 375 g/mol. The molecule has 1 amide bonds. The van der Waals surface area contributed by atoms with Crippen LogP contribution in [0.2, 0.25) is 0 Å². The van der Waals surface area contributed by atoms with Gasteiger partial charge >= 0.3 is 6.18 Å². The smallest absolute Gasteiger partial charge is 0.395 e. The summed E-state index contributed by atoms with van der Waals surface area (Å²) in [7, 11) is 0. The average Bonchev–Trinajstić information content (AvgIpc) is 2.66. The van der Waals surface area contributed by atoms with E-state index in [-0.39, 0.29) is 24.6 Å². The second kappa shape index (κ2) is 7.63. The van der Waals surface area contributed by atoms with E-state index in [2.05, 4.69) is 15.6 Å². The van der Waals surface area contributed by atoms with Crippen LogP contribution in [0.5, 0.6) is 0 Å². The molecule has 3 N–H and O–H groups in total. The number of aliphatic hydroxyl groups excluding tert-OH is 1. The van der Waals surface area contributed by atoms with E-state index in [1.165, 1.54) is 12.3 Å². The highest BCUT2D eigenvalue weighted by Gasteiger charge is 2.30. The van der Waals surface area contributed by atoms with Crippen LogP contribution in [0.3, 0.4) is 0 Å². The Bertz CT molecular complexity index is 957. The zero-order valence-electron chi connectivity index (χ0n) is 14.0. The lowest BCUT2D eigenvalue weighted by molar-refractivity contribution is -0.137. The molecule has 0 saturated carbocycles. The molecule has 0 aliphatic heterocycles. The van der Waals surface area contributed by atoms with Gasteiger partial charge in [-0.2, -0.15) is 13.2 Å². The minimum absolute atomic E-state index is 0.142. The van der Waals surface area contributed by atoms with Crippen LogP contribution < -0.4 is 10.6 Å². The summed E-state index contributed by atoms with van der Waals surface area (Å²) in [6.45, 7) is 0.0261. The third kappa shape index (κ3) is 4.35. The number of carbonyl (C=O) groups is 1. The van der Waals surface area contributed by atoms with Crippen LogP contribution in [0.1, 0.15) is 15.9 Å². The summed E-state index contributed by atoms with van der Waals surface area (Å²) < 4.78 is 38.6. The number of halogens is 3. The maximum atomic E-state index is 12.9. The Morgan fingerprint density at radius 2 is 1.81 bits per heavy atom. The summed E-state index contributed by atoms with van der Waals surface area (Å²) in [5.74, 6) is -0.301. The first kappa shape index (κ1) is 18.7. The highest BCUT2D eigenvalue weighted by Crippen LogP contribution is 2.33. The van der Waals surface area contributed by atoms with E-state index in [4.69, 9.17) is 5.11 Å². The van der Waals surface area contributed by atoms with Gasteiger partial charge < -0.3 is 15.7 Å². The van der Waals surface area contributed by atoms with Crippen LogP contribution >= 0.6 is 0 Å². The number of hydrogen-bond donors (Lipinski definition) is 3. The number of aromatic nitrogens is 1. The normalized spacial score (nSPS) is 11.4. The molecule has 2 aromatic carbocycles. The number of nitrogens with one attached hydrogen (secondary N) is 2. The van der Waals surface area contributed by atoms with Crippen molar-refractivity contribution in [1.29, 1.82) is 0 Å². The third-order valence-corrected chi connectivity index (χ3v) is 3.89. The fraction of sp³-hybridized carbons (Fsp3) is 0.158. The number of nitrogens with zero attached hydrogens (tertiary/aromatic N) is 1. The van der Waals surface area contributed by atoms with Crippen molar-refractivity contribution >= 4 is 28.2 Å². The van der Waals surface area contributed by atoms with Crippen molar-refractivity contribution in [3.8, 4) is 0 Å². The summed E-state index contributed by atoms with van der Waals surface area (Å²) in [4.78, 5) is 15.8. The molecule has 140 valence electrons.